The highest BCUT2D eigenvalue weighted by molar-refractivity contribution is 7.93. The smallest absolute Gasteiger partial charge is 0.337 e. The summed E-state index contributed by atoms with van der Waals surface area (Å²) in [6.07, 6.45) is 0.574. The summed E-state index contributed by atoms with van der Waals surface area (Å²) >= 11 is 0. The van der Waals surface area contributed by atoms with Gasteiger partial charge in [0.25, 0.3) is 0 Å². The summed E-state index contributed by atoms with van der Waals surface area (Å²) in [6, 6.07) is 4.47. The van der Waals surface area contributed by atoms with Crippen LogP contribution in [0.3, 0.4) is 0 Å². The number of hydrogen-bond acceptors (Lipinski definition) is 5. The summed E-state index contributed by atoms with van der Waals surface area (Å²) in [6.45, 7) is 0.409. The van der Waals surface area contributed by atoms with E-state index in [0.29, 0.717) is 24.3 Å². The average molecular weight is 270 g/mol. The van der Waals surface area contributed by atoms with Gasteiger partial charge in [-0.1, -0.05) is 0 Å². The molecule has 1 aromatic rings. The first kappa shape index (κ1) is 12.7. The highest BCUT2D eigenvalue weighted by atomic mass is 32.2. The zero-order valence-electron chi connectivity index (χ0n) is 9.92. The zero-order valence-corrected chi connectivity index (χ0v) is 10.7. The first-order valence-corrected chi connectivity index (χ1v) is 7.04. The van der Waals surface area contributed by atoms with Gasteiger partial charge in [0.05, 0.1) is 24.1 Å². The van der Waals surface area contributed by atoms with Crippen LogP contribution in [0, 0.1) is 0 Å². The number of nitrogens with two attached hydrogens (primary N) is 1. The Morgan fingerprint density at radius 3 is 2.67 bits per heavy atom. The number of esters is 1. The molecular formula is C11H14N2O4S. The normalized spacial score (nSPS) is 17.7. The minimum Gasteiger partial charge on any atom is -0.465 e. The number of anilines is 2. The quantitative estimate of drug-likeness (QED) is 0.627. The second-order valence-corrected chi connectivity index (χ2v) is 6.06. The standard InChI is InChI=1S/C11H14N2O4S/c1-17-11(14)8-5-9(12)7-10(6-8)13-3-2-4-18(13,15)16/h5-7H,2-4,12H2,1H3. The van der Waals surface area contributed by atoms with Crippen molar-refractivity contribution in [3.63, 3.8) is 0 Å². The van der Waals surface area contributed by atoms with Gasteiger partial charge in [0, 0.05) is 12.2 Å². The Hall–Kier alpha value is -1.76. The van der Waals surface area contributed by atoms with Crippen LogP contribution in [-0.4, -0.2) is 33.8 Å². The molecule has 1 aliphatic heterocycles. The van der Waals surface area contributed by atoms with Gasteiger partial charge in [-0.25, -0.2) is 13.2 Å². The van der Waals surface area contributed by atoms with E-state index < -0.39 is 16.0 Å². The summed E-state index contributed by atoms with van der Waals surface area (Å²) in [7, 11) is -2.02. The topological polar surface area (TPSA) is 89.7 Å². The summed E-state index contributed by atoms with van der Waals surface area (Å²) in [5.74, 6) is -0.421. The Morgan fingerprint density at radius 1 is 1.39 bits per heavy atom. The number of carbonyl (C=O) groups is 1. The summed E-state index contributed by atoms with van der Waals surface area (Å²) < 4.78 is 29.5. The van der Waals surface area contributed by atoms with Crippen molar-refractivity contribution in [1.82, 2.24) is 0 Å². The van der Waals surface area contributed by atoms with Crippen LogP contribution in [0.5, 0.6) is 0 Å². The third-order valence-electron chi connectivity index (χ3n) is 2.75. The van der Waals surface area contributed by atoms with Crippen molar-refractivity contribution in [3.05, 3.63) is 23.8 Å². The third-order valence-corrected chi connectivity index (χ3v) is 4.62. The number of sulfonamides is 1. The maximum Gasteiger partial charge on any atom is 0.337 e. The Morgan fingerprint density at radius 2 is 2.11 bits per heavy atom. The molecule has 0 bridgehead atoms. The molecule has 2 rings (SSSR count). The number of hydrogen-bond donors (Lipinski definition) is 1. The maximum atomic E-state index is 11.8. The average Bonchev–Trinajstić information content (AvgIpc) is 2.67. The van der Waals surface area contributed by atoms with Crippen molar-refractivity contribution in [2.75, 3.05) is 29.4 Å². The van der Waals surface area contributed by atoms with Gasteiger partial charge in [0.2, 0.25) is 10.0 Å². The lowest BCUT2D eigenvalue weighted by molar-refractivity contribution is 0.0601. The number of nitrogens with zero attached hydrogens (tertiary/aromatic N) is 1. The van der Waals surface area contributed by atoms with Crippen molar-refractivity contribution < 1.29 is 17.9 Å². The second-order valence-electron chi connectivity index (χ2n) is 4.05. The molecule has 0 aromatic heterocycles. The molecule has 1 heterocycles. The number of ether oxygens (including phenoxy) is 1. The van der Waals surface area contributed by atoms with E-state index in [9.17, 15) is 13.2 Å². The number of methoxy groups -OCH3 is 1. The van der Waals surface area contributed by atoms with Crippen LogP contribution in [0.4, 0.5) is 11.4 Å². The fourth-order valence-corrected chi connectivity index (χ4v) is 3.49. The first-order valence-electron chi connectivity index (χ1n) is 5.43. The van der Waals surface area contributed by atoms with Gasteiger partial charge in [-0.15, -0.1) is 0 Å². The van der Waals surface area contributed by atoms with Gasteiger partial charge >= 0.3 is 5.97 Å². The van der Waals surface area contributed by atoms with Crippen molar-refractivity contribution in [3.8, 4) is 0 Å². The molecule has 1 aromatic carbocycles. The molecule has 2 N–H and O–H groups in total. The lowest BCUT2D eigenvalue weighted by Gasteiger charge is -2.18. The van der Waals surface area contributed by atoms with Crippen LogP contribution in [0.2, 0.25) is 0 Å². The van der Waals surface area contributed by atoms with E-state index in [2.05, 4.69) is 4.74 Å². The first-order chi connectivity index (χ1) is 8.44. The largest absolute Gasteiger partial charge is 0.465 e. The summed E-state index contributed by atoms with van der Waals surface area (Å²) in [4.78, 5) is 11.4. The molecule has 0 atom stereocenters. The third kappa shape index (κ3) is 2.26. The zero-order chi connectivity index (χ0) is 13.3. The van der Waals surface area contributed by atoms with E-state index in [0.717, 1.165) is 0 Å². The van der Waals surface area contributed by atoms with Crippen LogP contribution >= 0.6 is 0 Å². The van der Waals surface area contributed by atoms with Crippen LogP contribution in [0.25, 0.3) is 0 Å². The van der Waals surface area contributed by atoms with E-state index >= 15 is 0 Å². The van der Waals surface area contributed by atoms with Crippen molar-refractivity contribution in [2.24, 2.45) is 0 Å². The van der Waals surface area contributed by atoms with Gasteiger partial charge in [-0.3, -0.25) is 4.31 Å². The molecule has 18 heavy (non-hydrogen) atoms. The minimum absolute atomic E-state index is 0.120. The highest BCUT2D eigenvalue weighted by Gasteiger charge is 2.29. The number of carbonyl (C=O) groups excluding carboxylic acids is 1. The number of nitrogen functional groups attached to an aromatic ring is 1. The lowest BCUT2D eigenvalue weighted by Crippen LogP contribution is -2.25. The van der Waals surface area contributed by atoms with Crippen molar-refractivity contribution in [2.45, 2.75) is 6.42 Å². The Labute approximate surface area is 105 Å². The number of rotatable bonds is 2. The molecule has 1 fully saturated rings. The second kappa shape index (κ2) is 4.49. The van der Waals surface area contributed by atoms with E-state index in [1.54, 1.807) is 0 Å². The SMILES string of the molecule is COC(=O)c1cc(N)cc(N2CCCS2(=O)=O)c1. The van der Waals surface area contributed by atoms with Gasteiger partial charge in [0.15, 0.2) is 0 Å². The molecule has 0 unspecified atom stereocenters. The lowest BCUT2D eigenvalue weighted by atomic mass is 10.1. The number of benzene rings is 1. The Bertz CT molecular complexity index is 583. The molecule has 0 amide bonds. The summed E-state index contributed by atoms with van der Waals surface area (Å²) in [5.41, 5.74) is 6.66. The van der Waals surface area contributed by atoms with Crippen LogP contribution < -0.4 is 10.0 Å². The molecule has 6 nitrogen and oxygen atoms in total. The van der Waals surface area contributed by atoms with E-state index in [4.69, 9.17) is 5.73 Å². The summed E-state index contributed by atoms with van der Waals surface area (Å²) in [5, 5.41) is 0. The Balaban J connectivity index is 2.46. The highest BCUT2D eigenvalue weighted by Crippen LogP contribution is 2.27. The van der Waals surface area contributed by atoms with E-state index in [1.807, 2.05) is 0 Å². The van der Waals surface area contributed by atoms with Gasteiger partial charge in [-0.05, 0) is 24.6 Å². The fourth-order valence-electron chi connectivity index (χ4n) is 1.94. The predicted molar refractivity (Wildman–Crippen MR) is 67.9 cm³/mol. The maximum absolute atomic E-state index is 11.8. The van der Waals surface area contributed by atoms with Crippen molar-refractivity contribution >= 4 is 27.4 Å². The molecule has 1 aliphatic rings. The Kier molecular flexibility index (Phi) is 3.16. The molecule has 0 spiro atoms. The molecule has 98 valence electrons. The minimum atomic E-state index is -3.28. The molecule has 1 saturated heterocycles. The van der Waals surface area contributed by atoms with E-state index in [1.165, 1.54) is 29.6 Å². The van der Waals surface area contributed by atoms with Crippen molar-refractivity contribution in [1.29, 1.82) is 0 Å². The fraction of sp³-hybridized carbons (Fsp3) is 0.364. The van der Waals surface area contributed by atoms with Gasteiger partial charge in [0.1, 0.15) is 0 Å². The molecule has 0 aliphatic carbocycles. The predicted octanol–water partition coefficient (Wildman–Crippen LogP) is 0.595. The van der Waals surface area contributed by atoms with Gasteiger partial charge < -0.3 is 10.5 Å². The monoisotopic (exact) mass is 270 g/mol. The van der Waals surface area contributed by atoms with Crippen LogP contribution in [0.15, 0.2) is 18.2 Å². The van der Waals surface area contributed by atoms with Crippen LogP contribution in [-0.2, 0) is 14.8 Å². The molecule has 0 saturated carbocycles. The van der Waals surface area contributed by atoms with Gasteiger partial charge in [-0.2, -0.15) is 0 Å². The molecular weight excluding hydrogens is 256 g/mol. The van der Waals surface area contributed by atoms with Crippen LogP contribution in [0.1, 0.15) is 16.8 Å². The molecule has 7 heteroatoms. The van der Waals surface area contributed by atoms with E-state index in [-0.39, 0.29) is 11.3 Å². The molecule has 0 radical (unpaired) electrons.